The summed E-state index contributed by atoms with van der Waals surface area (Å²) in [5.74, 6) is -0.518. The number of benzene rings is 3. The van der Waals surface area contributed by atoms with Gasteiger partial charge in [0.2, 0.25) is 5.91 Å². The number of anilines is 1. The lowest BCUT2D eigenvalue weighted by molar-refractivity contribution is -0.145. The summed E-state index contributed by atoms with van der Waals surface area (Å²) in [5, 5.41) is 2.92. The second kappa shape index (κ2) is 13.8. The average Bonchev–Trinajstić information content (AvgIpc) is 3.47. The summed E-state index contributed by atoms with van der Waals surface area (Å²) in [5.41, 5.74) is 3.92. The molecule has 218 valence electrons. The minimum absolute atomic E-state index is 0.143. The van der Waals surface area contributed by atoms with E-state index in [-0.39, 0.29) is 24.1 Å². The Kier molecular flexibility index (Phi) is 9.48. The van der Waals surface area contributed by atoms with Gasteiger partial charge in [-0.2, -0.15) is 0 Å². The van der Waals surface area contributed by atoms with Crippen LogP contribution in [-0.4, -0.2) is 47.7 Å². The Bertz CT molecular complexity index is 1470. The van der Waals surface area contributed by atoms with E-state index in [1.807, 2.05) is 59.3 Å². The van der Waals surface area contributed by atoms with Crippen molar-refractivity contribution < 1.29 is 23.5 Å². The number of rotatable bonds is 11. The first-order valence-corrected chi connectivity index (χ1v) is 14.1. The molecule has 0 spiro atoms. The van der Waals surface area contributed by atoms with E-state index in [9.17, 15) is 14.0 Å². The van der Waals surface area contributed by atoms with Crippen molar-refractivity contribution in [2.75, 3.05) is 25.1 Å². The van der Waals surface area contributed by atoms with Crippen molar-refractivity contribution in [2.24, 2.45) is 5.92 Å². The van der Waals surface area contributed by atoms with E-state index in [4.69, 9.17) is 9.47 Å². The van der Waals surface area contributed by atoms with Crippen LogP contribution in [0, 0.1) is 11.7 Å². The van der Waals surface area contributed by atoms with Crippen LogP contribution in [0.25, 0.3) is 0 Å². The summed E-state index contributed by atoms with van der Waals surface area (Å²) in [7, 11) is 1.33. The molecule has 0 bridgehead atoms. The predicted molar refractivity (Wildman–Crippen MR) is 158 cm³/mol. The quantitative estimate of drug-likeness (QED) is 0.262. The molecule has 42 heavy (non-hydrogen) atoms. The van der Waals surface area contributed by atoms with Gasteiger partial charge in [-0.05, 0) is 60.4 Å². The number of aromatic nitrogens is 2. The van der Waals surface area contributed by atoms with Gasteiger partial charge in [0.1, 0.15) is 24.2 Å². The molecule has 5 rings (SSSR count). The molecule has 1 fully saturated rings. The molecule has 2 heterocycles. The van der Waals surface area contributed by atoms with Crippen LogP contribution in [0.3, 0.4) is 0 Å². The third-order valence-corrected chi connectivity index (χ3v) is 7.47. The van der Waals surface area contributed by atoms with Gasteiger partial charge >= 0.3 is 5.97 Å². The maximum absolute atomic E-state index is 13.2. The van der Waals surface area contributed by atoms with E-state index in [0.29, 0.717) is 50.5 Å². The first-order chi connectivity index (χ1) is 20.5. The normalized spacial score (nSPS) is 14.3. The molecule has 0 radical (unpaired) electrons. The van der Waals surface area contributed by atoms with Crippen molar-refractivity contribution in [3.05, 3.63) is 114 Å². The Morgan fingerprint density at radius 1 is 1.00 bits per heavy atom. The van der Waals surface area contributed by atoms with Gasteiger partial charge in [0.25, 0.3) is 0 Å². The summed E-state index contributed by atoms with van der Waals surface area (Å²) < 4.78 is 25.9. The summed E-state index contributed by atoms with van der Waals surface area (Å²) in [6, 6.07) is 23.3. The minimum atomic E-state index is -0.807. The van der Waals surface area contributed by atoms with Crippen LogP contribution in [-0.2, 0) is 33.9 Å². The standard InChI is InChI=1S/C33H35FN4O4/c1-41-33(40)31(19-28-21-37(23-35-28)20-24-6-3-2-4-7-24)36-32(39)26-14-16-38(17-15-26)29-9-5-8-25(18-29)22-42-30-12-10-27(34)11-13-30/h2-13,18,21,23,26,31H,14-17,19-20,22H2,1H3,(H,36,39). The van der Waals surface area contributed by atoms with Gasteiger partial charge in [0, 0.05) is 43.9 Å². The van der Waals surface area contributed by atoms with Gasteiger partial charge in [-0.1, -0.05) is 42.5 Å². The number of nitrogens with one attached hydrogen (secondary N) is 1. The number of carbonyl (C=O) groups is 2. The maximum atomic E-state index is 13.2. The number of nitrogens with zero attached hydrogens (tertiary/aromatic N) is 3. The molecule has 0 saturated carbocycles. The number of methoxy groups -OCH3 is 1. The van der Waals surface area contributed by atoms with Gasteiger partial charge in [-0.3, -0.25) is 4.79 Å². The monoisotopic (exact) mass is 570 g/mol. The highest BCUT2D eigenvalue weighted by Gasteiger charge is 2.30. The van der Waals surface area contributed by atoms with Crippen LogP contribution in [0.5, 0.6) is 5.75 Å². The number of ether oxygens (including phenoxy) is 2. The Morgan fingerprint density at radius 3 is 2.48 bits per heavy atom. The molecule has 1 aromatic heterocycles. The van der Waals surface area contributed by atoms with Crippen molar-refractivity contribution >= 4 is 17.6 Å². The average molecular weight is 571 g/mol. The molecule has 1 amide bonds. The van der Waals surface area contributed by atoms with E-state index < -0.39 is 12.0 Å². The molecule has 1 saturated heterocycles. The van der Waals surface area contributed by atoms with E-state index in [1.165, 1.54) is 19.2 Å². The van der Waals surface area contributed by atoms with E-state index in [2.05, 4.69) is 21.3 Å². The molecule has 9 heteroatoms. The van der Waals surface area contributed by atoms with Gasteiger partial charge in [-0.15, -0.1) is 0 Å². The number of piperidine rings is 1. The molecule has 1 aliphatic rings. The fourth-order valence-electron chi connectivity index (χ4n) is 5.17. The third kappa shape index (κ3) is 7.75. The fraction of sp³-hybridized carbons (Fsp3) is 0.303. The SMILES string of the molecule is COC(=O)C(Cc1cn(Cc2ccccc2)cn1)NC(=O)C1CCN(c2cccc(COc3ccc(F)cc3)c2)CC1. The molecule has 1 unspecified atom stereocenters. The van der Waals surface area contributed by atoms with Crippen LogP contribution >= 0.6 is 0 Å². The van der Waals surface area contributed by atoms with Crippen molar-refractivity contribution in [3.8, 4) is 5.75 Å². The van der Waals surface area contributed by atoms with Gasteiger partial charge in [0.05, 0.1) is 19.1 Å². The van der Waals surface area contributed by atoms with Crippen LogP contribution < -0.4 is 15.0 Å². The fourth-order valence-corrected chi connectivity index (χ4v) is 5.17. The Labute approximate surface area is 245 Å². The number of hydrogen-bond donors (Lipinski definition) is 1. The highest BCUT2D eigenvalue weighted by Crippen LogP contribution is 2.25. The number of imidazole rings is 1. The van der Waals surface area contributed by atoms with Gasteiger partial charge in [-0.25, -0.2) is 14.2 Å². The first-order valence-electron chi connectivity index (χ1n) is 14.1. The third-order valence-electron chi connectivity index (χ3n) is 7.47. The Hall–Kier alpha value is -4.66. The second-order valence-electron chi connectivity index (χ2n) is 10.5. The summed E-state index contributed by atoms with van der Waals surface area (Å²) in [6.07, 6.45) is 5.22. The number of carbonyl (C=O) groups excluding carboxylic acids is 2. The molecule has 1 N–H and O–H groups in total. The summed E-state index contributed by atoms with van der Waals surface area (Å²) >= 11 is 0. The molecule has 4 aromatic rings. The number of halogens is 1. The lowest BCUT2D eigenvalue weighted by Crippen LogP contribution is -2.48. The number of esters is 1. The number of amides is 1. The predicted octanol–water partition coefficient (Wildman–Crippen LogP) is 4.77. The smallest absolute Gasteiger partial charge is 0.328 e. The molecular formula is C33H35FN4O4. The zero-order valence-corrected chi connectivity index (χ0v) is 23.6. The molecule has 0 aliphatic carbocycles. The Morgan fingerprint density at radius 2 is 1.74 bits per heavy atom. The van der Waals surface area contributed by atoms with Gasteiger partial charge < -0.3 is 24.3 Å². The van der Waals surface area contributed by atoms with Crippen LogP contribution in [0.4, 0.5) is 10.1 Å². The van der Waals surface area contributed by atoms with Crippen LogP contribution in [0.2, 0.25) is 0 Å². The van der Waals surface area contributed by atoms with E-state index in [0.717, 1.165) is 16.8 Å². The molecule has 3 aromatic carbocycles. The largest absolute Gasteiger partial charge is 0.489 e. The lowest BCUT2D eigenvalue weighted by atomic mass is 9.94. The minimum Gasteiger partial charge on any atom is -0.489 e. The highest BCUT2D eigenvalue weighted by atomic mass is 19.1. The molecule has 1 aliphatic heterocycles. The van der Waals surface area contributed by atoms with Crippen LogP contribution in [0.15, 0.2) is 91.4 Å². The van der Waals surface area contributed by atoms with Crippen LogP contribution in [0.1, 0.15) is 29.7 Å². The summed E-state index contributed by atoms with van der Waals surface area (Å²) in [6.45, 7) is 2.48. The lowest BCUT2D eigenvalue weighted by Gasteiger charge is -2.33. The molecular weight excluding hydrogens is 535 g/mol. The van der Waals surface area contributed by atoms with Crippen molar-refractivity contribution in [2.45, 2.75) is 38.5 Å². The highest BCUT2D eigenvalue weighted by molar-refractivity contribution is 5.86. The molecule has 1 atom stereocenters. The first kappa shape index (κ1) is 28.9. The Balaban J connectivity index is 1.13. The van der Waals surface area contributed by atoms with Crippen molar-refractivity contribution in [1.82, 2.24) is 14.9 Å². The molecule has 8 nitrogen and oxygen atoms in total. The van der Waals surface area contributed by atoms with Crippen molar-refractivity contribution in [3.63, 3.8) is 0 Å². The zero-order chi connectivity index (χ0) is 29.3. The van der Waals surface area contributed by atoms with Crippen molar-refractivity contribution in [1.29, 1.82) is 0 Å². The number of hydrogen-bond acceptors (Lipinski definition) is 6. The topological polar surface area (TPSA) is 85.7 Å². The van der Waals surface area contributed by atoms with E-state index in [1.54, 1.807) is 18.5 Å². The zero-order valence-electron chi connectivity index (χ0n) is 23.6. The summed E-state index contributed by atoms with van der Waals surface area (Å²) in [4.78, 5) is 32.5. The van der Waals surface area contributed by atoms with E-state index >= 15 is 0 Å². The second-order valence-corrected chi connectivity index (χ2v) is 10.5. The maximum Gasteiger partial charge on any atom is 0.328 e. The van der Waals surface area contributed by atoms with Gasteiger partial charge in [0.15, 0.2) is 0 Å².